The predicted octanol–water partition coefficient (Wildman–Crippen LogP) is 3.50. The molecule has 1 aromatic carbocycles. The van der Waals surface area contributed by atoms with E-state index in [9.17, 15) is 13.6 Å². The second-order valence-corrected chi connectivity index (χ2v) is 4.33. The van der Waals surface area contributed by atoms with Gasteiger partial charge in [-0.05, 0) is 24.3 Å². The summed E-state index contributed by atoms with van der Waals surface area (Å²) in [5, 5.41) is 8.86. The van der Waals surface area contributed by atoms with Crippen LogP contribution >= 0.6 is 11.6 Å². The summed E-state index contributed by atoms with van der Waals surface area (Å²) in [5.74, 6) is -4.30. The fraction of sp³-hybridized carbons (Fsp3) is 0.0714. The van der Waals surface area contributed by atoms with Crippen LogP contribution in [0.1, 0.15) is 22.0 Å². The van der Waals surface area contributed by atoms with Crippen molar-refractivity contribution in [3.8, 4) is 6.07 Å². The maximum absolute atomic E-state index is 13.2. The SMILES string of the molecule is N#C[C@@H](C(=O)c1cc(F)c(F)cc1Cl)c1ccccn1. The maximum Gasteiger partial charge on any atom is 0.187 e. The summed E-state index contributed by atoms with van der Waals surface area (Å²) >= 11 is 5.73. The highest BCUT2D eigenvalue weighted by atomic mass is 35.5. The van der Waals surface area contributed by atoms with Crippen molar-refractivity contribution in [2.75, 3.05) is 0 Å². The number of carbonyl (C=O) groups excluding carboxylic acids is 1. The lowest BCUT2D eigenvalue weighted by Crippen LogP contribution is -2.13. The van der Waals surface area contributed by atoms with Gasteiger partial charge < -0.3 is 0 Å². The molecular weight excluding hydrogens is 286 g/mol. The van der Waals surface area contributed by atoms with Crippen molar-refractivity contribution in [1.82, 2.24) is 4.98 Å². The minimum atomic E-state index is -1.22. The van der Waals surface area contributed by atoms with E-state index in [-0.39, 0.29) is 16.3 Å². The van der Waals surface area contributed by atoms with Crippen LogP contribution in [0.4, 0.5) is 8.78 Å². The summed E-state index contributed by atoms with van der Waals surface area (Å²) in [6.45, 7) is 0. The van der Waals surface area contributed by atoms with Gasteiger partial charge >= 0.3 is 0 Å². The van der Waals surface area contributed by atoms with E-state index in [2.05, 4.69) is 4.98 Å². The van der Waals surface area contributed by atoms with E-state index in [1.807, 2.05) is 0 Å². The van der Waals surface area contributed by atoms with Crippen LogP contribution in [0.5, 0.6) is 0 Å². The van der Waals surface area contributed by atoms with Crippen LogP contribution in [-0.2, 0) is 0 Å². The van der Waals surface area contributed by atoms with Gasteiger partial charge in [0.2, 0.25) is 0 Å². The molecule has 6 heteroatoms. The van der Waals surface area contributed by atoms with Crippen molar-refractivity contribution >= 4 is 17.4 Å². The van der Waals surface area contributed by atoms with Crippen LogP contribution in [0.15, 0.2) is 36.5 Å². The lowest BCUT2D eigenvalue weighted by atomic mass is 9.95. The van der Waals surface area contributed by atoms with Gasteiger partial charge in [0.1, 0.15) is 0 Å². The summed E-state index contributed by atoms with van der Waals surface area (Å²) in [5.41, 5.74) is -0.0245. The Balaban J connectivity index is 2.45. The zero-order chi connectivity index (χ0) is 14.7. The van der Waals surface area contributed by atoms with Gasteiger partial charge in [0.05, 0.1) is 16.8 Å². The highest BCUT2D eigenvalue weighted by molar-refractivity contribution is 6.34. The number of Topliss-reactive ketones (excluding diaryl/α,β-unsaturated/α-hetero) is 1. The van der Waals surface area contributed by atoms with Gasteiger partial charge in [0, 0.05) is 11.8 Å². The smallest absolute Gasteiger partial charge is 0.187 e. The first-order chi connectivity index (χ1) is 9.54. The molecule has 2 rings (SSSR count). The first-order valence-electron chi connectivity index (χ1n) is 5.54. The molecule has 0 amide bonds. The first kappa shape index (κ1) is 14.1. The zero-order valence-electron chi connectivity index (χ0n) is 9.98. The number of carbonyl (C=O) groups is 1. The number of nitriles is 1. The number of nitrogens with zero attached hydrogens (tertiary/aromatic N) is 2. The third kappa shape index (κ3) is 2.65. The lowest BCUT2D eigenvalue weighted by Gasteiger charge is -2.09. The van der Waals surface area contributed by atoms with Crippen molar-refractivity contribution < 1.29 is 13.6 Å². The molecule has 0 spiro atoms. The summed E-state index contributed by atoms with van der Waals surface area (Å²) in [4.78, 5) is 16.1. The van der Waals surface area contributed by atoms with E-state index in [1.54, 1.807) is 18.2 Å². The van der Waals surface area contributed by atoms with Gasteiger partial charge in [-0.15, -0.1) is 0 Å². The fourth-order valence-corrected chi connectivity index (χ4v) is 1.92. The summed E-state index contributed by atoms with van der Waals surface area (Å²) in [6.07, 6.45) is 1.43. The Labute approximate surface area is 118 Å². The second-order valence-electron chi connectivity index (χ2n) is 3.93. The molecule has 0 unspecified atom stereocenters. The highest BCUT2D eigenvalue weighted by Gasteiger charge is 2.26. The minimum absolute atomic E-state index is 0.223. The van der Waals surface area contributed by atoms with Gasteiger partial charge in [0.25, 0.3) is 0 Å². The molecule has 0 radical (unpaired) electrons. The average molecular weight is 293 g/mol. The van der Waals surface area contributed by atoms with Gasteiger partial charge in [-0.3, -0.25) is 9.78 Å². The van der Waals surface area contributed by atoms with Crippen molar-refractivity contribution in [3.05, 3.63) is 64.4 Å². The molecule has 0 aliphatic rings. The third-order valence-corrected chi connectivity index (χ3v) is 2.96. The molecule has 1 heterocycles. The Hall–Kier alpha value is -2.32. The average Bonchev–Trinajstić information content (AvgIpc) is 2.44. The van der Waals surface area contributed by atoms with Crippen LogP contribution in [0.25, 0.3) is 0 Å². The minimum Gasteiger partial charge on any atom is -0.292 e. The molecule has 3 nitrogen and oxygen atoms in total. The zero-order valence-corrected chi connectivity index (χ0v) is 10.7. The Morgan fingerprint density at radius 3 is 2.60 bits per heavy atom. The van der Waals surface area contributed by atoms with E-state index >= 15 is 0 Å². The Bertz CT molecular complexity index is 698. The summed E-state index contributed by atoms with van der Waals surface area (Å²) in [7, 11) is 0. The Morgan fingerprint density at radius 1 is 1.30 bits per heavy atom. The Morgan fingerprint density at radius 2 is 2.00 bits per heavy atom. The van der Waals surface area contributed by atoms with Crippen LogP contribution < -0.4 is 0 Å². The maximum atomic E-state index is 13.2. The second kappa shape index (κ2) is 5.76. The Kier molecular flexibility index (Phi) is 4.06. The van der Waals surface area contributed by atoms with Crippen LogP contribution in [0.2, 0.25) is 5.02 Å². The van der Waals surface area contributed by atoms with E-state index < -0.39 is 23.3 Å². The highest BCUT2D eigenvalue weighted by Crippen LogP contribution is 2.26. The van der Waals surface area contributed by atoms with Gasteiger partial charge in [0.15, 0.2) is 23.3 Å². The molecular formula is C14H7ClF2N2O. The molecule has 0 saturated carbocycles. The summed E-state index contributed by atoms with van der Waals surface area (Å²) < 4.78 is 26.2. The molecule has 0 aliphatic carbocycles. The monoisotopic (exact) mass is 292 g/mol. The topological polar surface area (TPSA) is 53.8 Å². The third-order valence-electron chi connectivity index (χ3n) is 2.65. The van der Waals surface area contributed by atoms with Crippen molar-refractivity contribution in [2.24, 2.45) is 0 Å². The van der Waals surface area contributed by atoms with E-state index in [4.69, 9.17) is 16.9 Å². The van der Waals surface area contributed by atoms with Gasteiger partial charge in [-0.2, -0.15) is 5.26 Å². The van der Waals surface area contributed by atoms with Crippen molar-refractivity contribution in [2.45, 2.75) is 5.92 Å². The van der Waals surface area contributed by atoms with Crippen LogP contribution in [0, 0.1) is 23.0 Å². The normalized spacial score (nSPS) is 11.7. The molecule has 1 aromatic heterocycles. The molecule has 0 fully saturated rings. The first-order valence-corrected chi connectivity index (χ1v) is 5.91. The number of hydrogen-bond acceptors (Lipinski definition) is 3. The van der Waals surface area contributed by atoms with Crippen LogP contribution in [-0.4, -0.2) is 10.8 Å². The van der Waals surface area contributed by atoms with Crippen molar-refractivity contribution in [3.63, 3.8) is 0 Å². The number of aromatic nitrogens is 1. The summed E-state index contributed by atoms with van der Waals surface area (Å²) in [6, 6.07) is 7.93. The fourth-order valence-electron chi connectivity index (χ4n) is 1.67. The van der Waals surface area contributed by atoms with Gasteiger partial charge in [-0.25, -0.2) is 8.78 Å². The standard InChI is InChI=1S/C14H7ClF2N2O/c15-10-6-12(17)11(16)5-8(10)14(20)9(7-18)13-3-1-2-4-19-13/h1-6,9H/t9-/m1/s1. The van der Waals surface area contributed by atoms with E-state index in [1.165, 1.54) is 12.3 Å². The number of benzene rings is 1. The van der Waals surface area contributed by atoms with E-state index in [0.29, 0.717) is 12.1 Å². The molecule has 0 aliphatic heterocycles. The molecule has 1 atom stereocenters. The molecule has 100 valence electrons. The number of rotatable bonds is 3. The predicted molar refractivity (Wildman–Crippen MR) is 68.3 cm³/mol. The molecule has 2 aromatic rings. The molecule has 0 bridgehead atoms. The van der Waals surface area contributed by atoms with E-state index in [0.717, 1.165) is 0 Å². The number of hydrogen-bond donors (Lipinski definition) is 0. The van der Waals surface area contributed by atoms with Gasteiger partial charge in [-0.1, -0.05) is 17.7 Å². The number of ketones is 1. The quantitative estimate of drug-likeness (QED) is 0.642. The lowest BCUT2D eigenvalue weighted by molar-refractivity contribution is 0.0977. The number of pyridine rings is 1. The van der Waals surface area contributed by atoms with Crippen LogP contribution in [0.3, 0.4) is 0 Å². The molecule has 0 saturated heterocycles. The largest absolute Gasteiger partial charge is 0.292 e. The number of halogens is 3. The van der Waals surface area contributed by atoms with Crippen molar-refractivity contribution in [1.29, 1.82) is 5.26 Å². The molecule has 0 N–H and O–H groups in total. The molecule has 20 heavy (non-hydrogen) atoms.